The molecule has 1 atom stereocenters. The van der Waals surface area contributed by atoms with Crippen LogP contribution in [0.3, 0.4) is 0 Å². The summed E-state index contributed by atoms with van der Waals surface area (Å²) in [5.41, 5.74) is 0.722. The van der Waals surface area contributed by atoms with Crippen LogP contribution in [0.25, 0.3) is 0 Å². The maximum Gasteiger partial charge on any atom is 0.195 e. The van der Waals surface area contributed by atoms with E-state index >= 15 is 0 Å². The third-order valence-electron chi connectivity index (χ3n) is 3.89. The SMILES string of the molecule is CCCCOCCCC.O=C(c1ccc(O)cc1)C(O)c1ccc(O)cc1. The highest BCUT2D eigenvalue weighted by Gasteiger charge is 2.18. The molecule has 2 rings (SSSR count). The molecule has 5 nitrogen and oxygen atoms in total. The van der Waals surface area contributed by atoms with Gasteiger partial charge in [-0.05, 0) is 54.8 Å². The molecule has 0 saturated heterocycles. The second-order valence-corrected chi connectivity index (χ2v) is 6.22. The molecule has 27 heavy (non-hydrogen) atoms. The first-order valence-corrected chi connectivity index (χ1v) is 9.37. The number of ketones is 1. The molecule has 0 aliphatic rings. The number of phenolic OH excluding ortho intramolecular Hbond substituents is 2. The zero-order valence-electron chi connectivity index (χ0n) is 16.1. The second kappa shape index (κ2) is 12.9. The van der Waals surface area contributed by atoms with Crippen molar-refractivity contribution >= 4 is 5.78 Å². The van der Waals surface area contributed by atoms with E-state index in [9.17, 15) is 9.90 Å². The van der Waals surface area contributed by atoms with Crippen molar-refractivity contribution < 1.29 is 24.9 Å². The predicted molar refractivity (Wildman–Crippen MR) is 106 cm³/mol. The lowest BCUT2D eigenvalue weighted by molar-refractivity contribution is 0.0747. The molecule has 0 fully saturated rings. The molecule has 148 valence electrons. The van der Waals surface area contributed by atoms with Crippen molar-refractivity contribution in [2.24, 2.45) is 0 Å². The Labute approximate surface area is 161 Å². The molecular weight excluding hydrogens is 344 g/mol. The molecule has 2 aromatic carbocycles. The molecule has 1 unspecified atom stereocenters. The summed E-state index contributed by atoms with van der Waals surface area (Å²) < 4.78 is 5.31. The normalized spacial score (nSPS) is 11.4. The molecule has 2 aromatic rings. The zero-order chi connectivity index (χ0) is 20.1. The van der Waals surface area contributed by atoms with Gasteiger partial charge in [0, 0.05) is 18.8 Å². The van der Waals surface area contributed by atoms with Crippen LogP contribution in [0.15, 0.2) is 48.5 Å². The van der Waals surface area contributed by atoms with Crippen LogP contribution >= 0.6 is 0 Å². The number of hydrogen-bond acceptors (Lipinski definition) is 5. The molecule has 0 aliphatic heterocycles. The van der Waals surface area contributed by atoms with Crippen LogP contribution in [-0.4, -0.2) is 34.3 Å². The van der Waals surface area contributed by atoms with Gasteiger partial charge in [0.05, 0.1) is 0 Å². The van der Waals surface area contributed by atoms with E-state index in [1.807, 2.05) is 0 Å². The van der Waals surface area contributed by atoms with Gasteiger partial charge < -0.3 is 20.1 Å². The van der Waals surface area contributed by atoms with Crippen LogP contribution in [0, 0.1) is 0 Å². The lowest BCUT2D eigenvalue weighted by Crippen LogP contribution is -2.11. The van der Waals surface area contributed by atoms with E-state index in [2.05, 4.69) is 13.8 Å². The van der Waals surface area contributed by atoms with Crippen molar-refractivity contribution in [2.45, 2.75) is 45.6 Å². The summed E-state index contributed by atoms with van der Waals surface area (Å²) in [5, 5.41) is 28.2. The number of unbranched alkanes of at least 4 members (excludes halogenated alkanes) is 2. The average Bonchev–Trinajstić information content (AvgIpc) is 2.68. The quantitative estimate of drug-likeness (QED) is 0.440. The monoisotopic (exact) mass is 374 g/mol. The number of ether oxygens (including phenoxy) is 1. The molecule has 0 spiro atoms. The van der Waals surface area contributed by atoms with Crippen LogP contribution in [0.2, 0.25) is 0 Å². The fourth-order valence-corrected chi connectivity index (χ4v) is 2.19. The molecular formula is C22H30O5. The van der Waals surface area contributed by atoms with Crippen molar-refractivity contribution in [3.63, 3.8) is 0 Å². The highest BCUT2D eigenvalue weighted by Crippen LogP contribution is 2.21. The van der Waals surface area contributed by atoms with Crippen molar-refractivity contribution in [3.8, 4) is 11.5 Å². The van der Waals surface area contributed by atoms with E-state index in [0.717, 1.165) is 13.2 Å². The highest BCUT2D eigenvalue weighted by atomic mass is 16.5. The predicted octanol–water partition coefficient (Wildman–Crippen LogP) is 4.62. The zero-order valence-corrected chi connectivity index (χ0v) is 16.1. The first-order valence-electron chi connectivity index (χ1n) is 9.37. The van der Waals surface area contributed by atoms with Crippen LogP contribution in [0.4, 0.5) is 0 Å². The third-order valence-corrected chi connectivity index (χ3v) is 3.89. The second-order valence-electron chi connectivity index (χ2n) is 6.22. The summed E-state index contributed by atoms with van der Waals surface area (Å²) in [6.45, 7) is 6.28. The van der Waals surface area contributed by atoms with Gasteiger partial charge in [-0.3, -0.25) is 4.79 Å². The number of carbonyl (C=O) groups is 1. The fraction of sp³-hybridized carbons (Fsp3) is 0.409. The Kier molecular flexibility index (Phi) is 10.8. The van der Waals surface area contributed by atoms with E-state index in [0.29, 0.717) is 11.1 Å². The first-order chi connectivity index (χ1) is 13.0. The molecule has 0 amide bonds. The molecule has 0 aliphatic carbocycles. The van der Waals surface area contributed by atoms with Gasteiger partial charge in [0.25, 0.3) is 0 Å². The first kappa shape index (κ1) is 22.7. The Balaban J connectivity index is 0.000000345. The topological polar surface area (TPSA) is 87.0 Å². The Morgan fingerprint density at radius 2 is 1.30 bits per heavy atom. The fourth-order valence-electron chi connectivity index (χ4n) is 2.19. The van der Waals surface area contributed by atoms with Gasteiger partial charge in [-0.2, -0.15) is 0 Å². The molecule has 0 bridgehead atoms. The molecule has 5 heteroatoms. The van der Waals surface area contributed by atoms with E-state index < -0.39 is 11.9 Å². The van der Waals surface area contributed by atoms with Crippen molar-refractivity contribution in [1.29, 1.82) is 0 Å². The summed E-state index contributed by atoms with van der Waals surface area (Å²) in [7, 11) is 0. The number of carbonyl (C=O) groups excluding carboxylic acids is 1. The number of aliphatic hydroxyl groups is 1. The van der Waals surface area contributed by atoms with Crippen LogP contribution in [0.1, 0.15) is 61.6 Å². The van der Waals surface area contributed by atoms with Gasteiger partial charge in [0.15, 0.2) is 5.78 Å². The Morgan fingerprint density at radius 3 is 1.74 bits per heavy atom. The molecule has 3 N–H and O–H groups in total. The third kappa shape index (κ3) is 8.71. The van der Waals surface area contributed by atoms with Gasteiger partial charge in [-0.25, -0.2) is 0 Å². The van der Waals surface area contributed by atoms with Crippen LogP contribution in [-0.2, 0) is 4.74 Å². The number of rotatable bonds is 9. The lowest BCUT2D eigenvalue weighted by Gasteiger charge is -2.10. The van der Waals surface area contributed by atoms with Crippen LogP contribution < -0.4 is 0 Å². The van der Waals surface area contributed by atoms with E-state index in [4.69, 9.17) is 14.9 Å². The lowest BCUT2D eigenvalue weighted by atomic mass is 10.00. The average molecular weight is 374 g/mol. The Bertz CT molecular complexity index is 643. The van der Waals surface area contributed by atoms with Crippen molar-refractivity contribution in [3.05, 3.63) is 59.7 Å². The van der Waals surface area contributed by atoms with Gasteiger partial charge >= 0.3 is 0 Å². The highest BCUT2D eigenvalue weighted by molar-refractivity contribution is 5.99. The minimum Gasteiger partial charge on any atom is -0.508 e. The largest absolute Gasteiger partial charge is 0.508 e. The Hall–Kier alpha value is -2.37. The van der Waals surface area contributed by atoms with E-state index in [-0.39, 0.29) is 11.5 Å². The molecule has 0 aromatic heterocycles. The number of aliphatic hydroxyl groups excluding tert-OH is 1. The van der Waals surface area contributed by atoms with Crippen molar-refractivity contribution in [1.82, 2.24) is 0 Å². The van der Waals surface area contributed by atoms with E-state index in [1.54, 1.807) is 0 Å². The number of aromatic hydroxyl groups is 2. The van der Waals surface area contributed by atoms with E-state index in [1.165, 1.54) is 74.2 Å². The number of phenols is 2. The Morgan fingerprint density at radius 1 is 0.852 bits per heavy atom. The summed E-state index contributed by atoms with van der Waals surface area (Å²) in [5.74, 6) is -0.325. The summed E-state index contributed by atoms with van der Waals surface area (Å²) in [6, 6.07) is 11.4. The maximum absolute atomic E-state index is 11.9. The smallest absolute Gasteiger partial charge is 0.195 e. The molecule has 0 saturated carbocycles. The standard InChI is InChI=1S/C14H12O4.C8H18O/c15-11-5-1-9(2-6-11)13(17)14(18)10-3-7-12(16)8-4-10;1-3-5-7-9-8-6-4-2/h1-8,13,15-17H;3-8H2,1-2H3. The minimum atomic E-state index is -1.28. The summed E-state index contributed by atoms with van der Waals surface area (Å²) in [4.78, 5) is 11.9. The summed E-state index contributed by atoms with van der Waals surface area (Å²) >= 11 is 0. The van der Waals surface area contributed by atoms with Crippen LogP contribution in [0.5, 0.6) is 11.5 Å². The van der Waals surface area contributed by atoms with Gasteiger partial charge in [-0.1, -0.05) is 38.8 Å². The number of benzene rings is 2. The van der Waals surface area contributed by atoms with Gasteiger partial charge in [-0.15, -0.1) is 0 Å². The number of Topliss-reactive ketones (excluding diaryl/α,β-unsaturated/α-hetero) is 1. The molecule has 0 heterocycles. The molecule has 0 radical (unpaired) electrons. The summed E-state index contributed by atoms with van der Waals surface area (Å²) in [6.07, 6.45) is 3.63. The van der Waals surface area contributed by atoms with Gasteiger partial charge in [0.2, 0.25) is 0 Å². The van der Waals surface area contributed by atoms with Crippen molar-refractivity contribution in [2.75, 3.05) is 13.2 Å². The van der Waals surface area contributed by atoms with Gasteiger partial charge in [0.1, 0.15) is 17.6 Å². The number of hydrogen-bond donors (Lipinski definition) is 3. The maximum atomic E-state index is 11.9. The minimum absolute atomic E-state index is 0.0608.